The van der Waals surface area contributed by atoms with Crippen LogP contribution in [0.3, 0.4) is 0 Å². The third-order valence-corrected chi connectivity index (χ3v) is 3.57. The molecule has 0 aliphatic carbocycles. The van der Waals surface area contributed by atoms with E-state index in [1.54, 1.807) is 6.20 Å². The molecule has 0 aliphatic rings. The van der Waals surface area contributed by atoms with E-state index in [9.17, 15) is 4.79 Å². The summed E-state index contributed by atoms with van der Waals surface area (Å²) in [5.74, 6) is -0.766. The van der Waals surface area contributed by atoms with Crippen molar-refractivity contribution in [3.05, 3.63) is 11.6 Å². The molecule has 1 atom stereocenters. The minimum absolute atomic E-state index is 0.365. The Kier molecular flexibility index (Phi) is 3.55. The van der Waals surface area contributed by atoms with Crippen LogP contribution in [0.1, 0.15) is 13.3 Å². The Morgan fingerprint density at radius 1 is 1.92 bits per heavy atom. The zero-order valence-electron chi connectivity index (χ0n) is 6.56. The standard InChI is InChI=1S/C7H9NO2S2/c1-2-5(6(9)10)12-7-8-3-4-11-7/h3-5H,2H2,1H3,(H,9,10). The highest BCUT2D eigenvalue weighted by atomic mass is 32.2. The van der Waals surface area contributed by atoms with Crippen molar-refractivity contribution in [3.8, 4) is 0 Å². The van der Waals surface area contributed by atoms with E-state index in [-0.39, 0.29) is 5.25 Å². The van der Waals surface area contributed by atoms with E-state index in [4.69, 9.17) is 5.11 Å². The van der Waals surface area contributed by atoms with Crippen molar-refractivity contribution in [2.75, 3.05) is 0 Å². The van der Waals surface area contributed by atoms with Crippen molar-refractivity contribution in [1.82, 2.24) is 4.98 Å². The second-order valence-electron chi connectivity index (χ2n) is 2.15. The van der Waals surface area contributed by atoms with Crippen molar-refractivity contribution < 1.29 is 9.90 Å². The summed E-state index contributed by atoms with van der Waals surface area (Å²) in [7, 11) is 0. The summed E-state index contributed by atoms with van der Waals surface area (Å²) in [6, 6.07) is 0. The maximum atomic E-state index is 10.6. The van der Waals surface area contributed by atoms with Gasteiger partial charge in [-0.05, 0) is 6.42 Å². The molecule has 0 saturated carbocycles. The summed E-state index contributed by atoms with van der Waals surface area (Å²) in [4.78, 5) is 14.6. The lowest BCUT2D eigenvalue weighted by molar-refractivity contribution is -0.136. The van der Waals surface area contributed by atoms with Gasteiger partial charge in [0.2, 0.25) is 0 Å². The summed E-state index contributed by atoms with van der Waals surface area (Å²) in [5.41, 5.74) is 0. The molecule has 0 spiro atoms. The van der Waals surface area contributed by atoms with Crippen LogP contribution >= 0.6 is 23.1 Å². The molecule has 0 fully saturated rings. The van der Waals surface area contributed by atoms with E-state index in [0.717, 1.165) is 4.34 Å². The molecule has 1 aromatic rings. The minimum atomic E-state index is -0.766. The van der Waals surface area contributed by atoms with Crippen LogP contribution in [-0.2, 0) is 4.79 Å². The van der Waals surface area contributed by atoms with Crippen LogP contribution in [-0.4, -0.2) is 21.3 Å². The van der Waals surface area contributed by atoms with Crippen LogP contribution in [0.4, 0.5) is 0 Å². The second kappa shape index (κ2) is 4.47. The third kappa shape index (κ3) is 2.49. The number of carboxylic acids is 1. The van der Waals surface area contributed by atoms with E-state index >= 15 is 0 Å². The lowest BCUT2D eigenvalue weighted by atomic mass is 10.3. The molecule has 1 unspecified atom stereocenters. The number of rotatable bonds is 4. The number of carbonyl (C=O) groups is 1. The predicted molar refractivity (Wildman–Crippen MR) is 49.7 cm³/mol. The van der Waals surface area contributed by atoms with E-state index in [1.807, 2.05) is 12.3 Å². The van der Waals surface area contributed by atoms with Gasteiger partial charge in [-0.1, -0.05) is 18.7 Å². The third-order valence-electron chi connectivity index (χ3n) is 1.30. The fourth-order valence-corrected chi connectivity index (χ4v) is 2.43. The first-order chi connectivity index (χ1) is 5.74. The van der Waals surface area contributed by atoms with E-state index in [0.29, 0.717) is 6.42 Å². The predicted octanol–water partition coefficient (Wildman–Crippen LogP) is 2.10. The van der Waals surface area contributed by atoms with Crippen molar-refractivity contribution in [2.45, 2.75) is 22.9 Å². The van der Waals surface area contributed by atoms with Gasteiger partial charge in [-0.2, -0.15) is 0 Å². The quantitative estimate of drug-likeness (QED) is 0.761. The van der Waals surface area contributed by atoms with Gasteiger partial charge >= 0.3 is 5.97 Å². The second-order valence-corrected chi connectivity index (χ2v) is 4.50. The number of nitrogens with zero attached hydrogens (tertiary/aromatic N) is 1. The van der Waals surface area contributed by atoms with Crippen molar-refractivity contribution in [1.29, 1.82) is 0 Å². The highest BCUT2D eigenvalue weighted by Crippen LogP contribution is 2.26. The van der Waals surface area contributed by atoms with Crippen molar-refractivity contribution >= 4 is 29.1 Å². The van der Waals surface area contributed by atoms with E-state index < -0.39 is 5.97 Å². The fraction of sp³-hybridized carbons (Fsp3) is 0.429. The Balaban J connectivity index is 2.54. The molecule has 0 saturated heterocycles. The number of hydrogen-bond donors (Lipinski definition) is 1. The molecule has 0 bridgehead atoms. The Morgan fingerprint density at radius 2 is 2.67 bits per heavy atom. The summed E-state index contributed by atoms with van der Waals surface area (Å²) < 4.78 is 0.823. The maximum absolute atomic E-state index is 10.6. The molecule has 0 aliphatic heterocycles. The molecule has 0 radical (unpaired) electrons. The Labute approximate surface area is 78.8 Å². The molecule has 12 heavy (non-hydrogen) atoms. The van der Waals surface area contributed by atoms with Gasteiger partial charge in [-0.25, -0.2) is 4.98 Å². The smallest absolute Gasteiger partial charge is 0.317 e. The zero-order valence-corrected chi connectivity index (χ0v) is 8.19. The van der Waals surface area contributed by atoms with Gasteiger partial charge in [-0.15, -0.1) is 11.3 Å². The molecule has 5 heteroatoms. The van der Waals surface area contributed by atoms with E-state index in [2.05, 4.69) is 4.98 Å². The number of thiazole rings is 1. The number of carboxylic acid groups (broad SMARTS) is 1. The highest BCUT2D eigenvalue weighted by molar-refractivity contribution is 8.02. The van der Waals surface area contributed by atoms with Crippen molar-refractivity contribution in [3.63, 3.8) is 0 Å². The molecular formula is C7H9NO2S2. The number of hydrogen-bond acceptors (Lipinski definition) is 4. The molecule has 1 N–H and O–H groups in total. The monoisotopic (exact) mass is 203 g/mol. The maximum Gasteiger partial charge on any atom is 0.317 e. The van der Waals surface area contributed by atoms with Crippen LogP contribution in [0.5, 0.6) is 0 Å². The Morgan fingerprint density at radius 3 is 3.08 bits per heavy atom. The zero-order chi connectivity index (χ0) is 8.97. The SMILES string of the molecule is CCC(Sc1nccs1)C(=O)O. The van der Waals surface area contributed by atoms with Crippen LogP contribution in [0, 0.1) is 0 Å². The number of aliphatic carboxylic acids is 1. The van der Waals surface area contributed by atoms with Gasteiger partial charge in [-0.3, -0.25) is 4.79 Å². The average Bonchev–Trinajstić information content (AvgIpc) is 2.51. The average molecular weight is 203 g/mol. The molecule has 1 aromatic heterocycles. The first kappa shape index (κ1) is 9.54. The summed E-state index contributed by atoms with van der Waals surface area (Å²) >= 11 is 2.78. The van der Waals surface area contributed by atoms with Crippen molar-refractivity contribution in [2.24, 2.45) is 0 Å². The van der Waals surface area contributed by atoms with Gasteiger partial charge < -0.3 is 5.11 Å². The Bertz CT molecular complexity index is 248. The Hall–Kier alpha value is -0.550. The molecular weight excluding hydrogens is 194 g/mol. The van der Waals surface area contributed by atoms with Gasteiger partial charge in [0.1, 0.15) is 5.25 Å². The highest BCUT2D eigenvalue weighted by Gasteiger charge is 2.17. The molecule has 3 nitrogen and oxygen atoms in total. The van der Waals surface area contributed by atoms with Gasteiger partial charge in [0.05, 0.1) is 0 Å². The summed E-state index contributed by atoms with van der Waals surface area (Å²) in [5, 5.41) is 10.2. The normalized spacial score (nSPS) is 12.8. The van der Waals surface area contributed by atoms with Crippen LogP contribution in [0.2, 0.25) is 0 Å². The molecule has 0 aromatic carbocycles. The molecule has 66 valence electrons. The lowest BCUT2D eigenvalue weighted by Gasteiger charge is -2.05. The van der Waals surface area contributed by atoms with Gasteiger partial charge in [0, 0.05) is 11.6 Å². The first-order valence-corrected chi connectivity index (χ1v) is 5.29. The van der Waals surface area contributed by atoms with Gasteiger partial charge in [0.15, 0.2) is 4.34 Å². The van der Waals surface area contributed by atoms with Gasteiger partial charge in [0.25, 0.3) is 0 Å². The molecule has 0 amide bonds. The topological polar surface area (TPSA) is 50.2 Å². The number of thioether (sulfide) groups is 1. The fourth-order valence-electron chi connectivity index (χ4n) is 0.699. The number of aromatic nitrogens is 1. The van der Waals surface area contributed by atoms with E-state index in [1.165, 1.54) is 23.1 Å². The minimum Gasteiger partial charge on any atom is -0.480 e. The molecule has 1 rings (SSSR count). The lowest BCUT2D eigenvalue weighted by Crippen LogP contribution is -2.14. The summed E-state index contributed by atoms with van der Waals surface area (Å²) in [6.45, 7) is 1.86. The molecule has 1 heterocycles. The van der Waals surface area contributed by atoms with Crippen LogP contribution < -0.4 is 0 Å². The first-order valence-electron chi connectivity index (χ1n) is 3.53. The summed E-state index contributed by atoms with van der Waals surface area (Å²) in [6.07, 6.45) is 2.31. The largest absolute Gasteiger partial charge is 0.480 e. The van der Waals surface area contributed by atoms with Crippen LogP contribution in [0.15, 0.2) is 15.9 Å². The van der Waals surface area contributed by atoms with Crippen LogP contribution in [0.25, 0.3) is 0 Å².